The number of piperidine rings is 1. The fourth-order valence-electron chi connectivity index (χ4n) is 2.12. The van der Waals surface area contributed by atoms with Crippen LogP contribution in [0.3, 0.4) is 0 Å². The van der Waals surface area contributed by atoms with Crippen LogP contribution in [0.2, 0.25) is 0 Å². The van der Waals surface area contributed by atoms with Crippen molar-refractivity contribution in [2.75, 3.05) is 18.4 Å². The number of aliphatic hydroxyl groups is 1. The molecule has 0 spiro atoms. The van der Waals surface area contributed by atoms with Crippen LogP contribution in [0, 0.1) is 0 Å². The first-order valence-corrected chi connectivity index (χ1v) is 6.57. The second-order valence-electron chi connectivity index (χ2n) is 5.32. The third-order valence-electron chi connectivity index (χ3n) is 3.57. The molecule has 4 N–H and O–H groups in total. The largest absolute Gasteiger partial charge is 0.390 e. The van der Waals surface area contributed by atoms with E-state index in [4.69, 9.17) is 5.73 Å². The SMILES string of the molecule is CC1(O)CCN(C(=O)Nc2ccc(CN)cc2)CC1. The van der Waals surface area contributed by atoms with E-state index in [9.17, 15) is 9.90 Å². The maximum Gasteiger partial charge on any atom is 0.321 e. The number of hydrogen-bond donors (Lipinski definition) is 3. The number of nitrogens with one attached hydrogen (secondary N) is 1. The van der Waals surface area contributed by atoms with Crippen LogP contribution in [0.1, 0.15) is 25.3 Å². The summed E-state index contributed by atoms with van der Waals surface area (Å²) in [7, 11) is 0. The lowest BCUT2D eigenvalue weighted by atomic mass is 9.94. The van der Waals surface area contributed by atoms with Gasteiger partial charge in [-0.05, 0) is 37.5 Å². The highest BCUT2D eigenvalue weighted by atomic mass is 16.3. The maximum absolute atomic E-state index is 12.0. The van der Waals surface area contributed by atoms with Crippen LogP contribution in [-0.4, -0.2) is 34.7 Å². The van der Waals surface area contributed by atoms with Gasteiger partial charge in [0.2, 0.25) is 0 Å². The Hall–Kier alpha value is -1.59. The number of hydrogen-bond acceptors (Lipinski definition) is 3. The number of carbonyl (C=O) groups is 1. The summed E-state index contributed by atoms with van der Waals surface area (Å²) >= 11 is 0. The van der Waals surface area contributed by atoms with Crippen molar-refractivity contribution in [1.29, 1.82) is 0 Å². The fourth-order valence-corrected chi connectivity index (χ4v) is 2.12. The van der Waals surface area contributed by atoms with Gasteiger partial charge >= 0.3 is 6.03 Å². The Morgan fingerprint density at radius 1 is 1.37 bits per heavy atom. The van der Waals surface area contributed by atoms with E-state index in [0.717, 1.165) is 11.3 Å². The molecule has 2 amide bonds. The molecular weight excluding hydrogens is 242 g/mol. The first-order valence-electron chi connectivity index (χ1n) is 6.57. The highest BCUT2D eigenvalue weighted by Crippen LogP contribution is 2.21. The number of nitrogens with zero attached hydrogens (tertiary/aromatic N) is 1. The van der Waals surface area contributed by atoms with E-state index in [-0.39, 0.29) is 6.03 Å². The number of anilines is 1. The molecule has 0 aliphatic carbocycles. The third kappa shape index (κ3) is 3.68. The van der Waals surface area contributed by atoms with Gasteiger partial charge in [-0.15, -0.1) is 0 Å². The third-order valence-corrected chi connectivity index (χ3v) is 3.57. The van der Waals surface area contributed by atoms with E-state index < -0.39 is 5.60 Å². The molecule has 0 bridgehead atoms. The van der Waals surface area contributed by atoms with Gasteiger partial charge in [-0.2, -0.15) is 0 Å². The van der Waals surface area contributed by atoms with Crippen molar-refractivity contribution in [3.05, 3.63) is 29.8 Å². The molecular formula is C14H21N3O2. The number of likely N-dealkylation sites (tertiary alicyclic amines) is 1. The molecule has 1 aromatic rings. The van der Waals surface area contributed by atoms with Gasteiger partial charge in [0.05, 0.1) is 5.60 Å². The summed E-state index contributed by atoms with van der Waals surface area (Å²) in [6, 6.07) is 7.38. The first kappa shape index (κ1) is 13.8. The Labute approximate surface area is 113 Å². The molecule has 1 aromatic carbocycles. The zero-order valence-corrected chi connectivity index (χ0v) is 11.2. The monoisotopic (exact) mass is 263 g/mol. The Morgan fingerprint density at radius 2 is 1.95 bits per heavy atom. The fraction of sp³-hybridized carbons (Fsp3) is 0.500. The van der Waals surface area contributed by atoms with Crippen LogP contribution in [0.25, 0.3) is 0 Å². The Balaban J connectivity index is 1.90. The lowest BCUT2D eigenvalue weighted by Gasteiger charge is -2.35. The lowest BCUT2D eigenvalue weighted by Crippen LogP contribution is -2.46. The highest BCUT2D eigenvalue weighted by Gasteiger charge is 2.29. The van der Waals surface area contributed by atoms with Gasteiger partial charge in [0.1, 0.15) is 0 Å². The minimum Gasteiger partial charge on any atom is -0.390 e. The van der Waals surface area contributed by atoms with Crippen molar-refractivity contribution in [2.24, 2.45) is 5.73 Å². The zero-order chi connectivity index (χ0) is 13.9. The molecule has 1 aliphatic heterocycles. The van der Waals surface area contributed by atoms with Crippen molar-refractivity contribution in [3.63, 3.8) is 0 Å². The Kier molecular flexibility index (Phi) is 4.07. The Bertz CT molecular complexity index is 433. The summed E-state index contributed by atoms with van der Waals surface area (Å²) in [5.74, 6) is 0. The van der Waals surface area contributed by atoms with E-state index in [2.05, 4.69) is 5.32 Å². The van der Waals surface area contributed by atoms with E-state index in [1.165, 1.54) is 0 Å². The number of benzene rings is 1. The van der Waals surface area contributed by atoms with Crippen LogP contribution in [0.4, 0.5) is 10.5 Å². The van der Waals surface area contributed by atoms with Gasteiger partial charge in [0.25, 0.3) is 0 Å². The number of rotatable bonds is 2. The second-order valence-corrected chi connectivity index (χ2v) is 5.32. The molecule has 0 unspecified atom stereocenters. The molecule has 1 saturated heterocycles. The topological polar surface area (TPSA) is 78.6 Å². The van der Waals surface area contributed by atoms with Gasteiger partial charge in [0, 0.05) is 25.3 Å². The molecule has 5 nitrogen and oxygen atoms in total. The number of nitrogens with two attached hydrogens (primary N) is 1. The van der Waals surface area contributed by atoms with Crippen LogP contribution >= 0.6 is 0 Å². The predicted octanol–water partition coefficient (Wildman–Crippen LogP) is 1.52. The Morgan fingerprint density at radius 3 is 2.47 bits per heavy atom. The second kappa shape index (κ2) is 5.59. The molecule has 0 atom stereocenters. The quantitative estimate of drug-likeness (QED) is 0.757. The molecule has 5 heteroatoms. The standard InChI is InChI=1S/C14H21N3O2/c1-14(19)6-8-17(9-7-14)13(18)16-12-4-2-11(10-15)3-5-12/h2-5,19H,6-10,15H2,1H3,(H,16,18). The summed E-state index contributed by atoms with van der Waals surface area (Å²) in [4.78, 5) is 13.8. The molecule has 0 aromatic heterocycles. The molecule has 0 saturated carbocycles. The first-order chi connectivity index (χ1) is 9.00. The van der Waals surface area contributed by atoms with Gasteiger partial charge in [-0.3, -0.25) is 0 Å². The summed E-state index contributed by atoms with van der Waals surface area (Å²) in [5, 5.41) is 12.7. The minimum atomic E-state index is -0.639. The molecule has 1 aliphatic rings. The van der Waals surface area contributed by atoms with Crippen molar-refractivity contribution in [3.8, 4) is 0 Å². The van der Waals surface area contributed by atoms with Crippen LogP contribution < -0.4 is 11.1 Å². The number of urea groups is 1. The molecule has 2 rings (SSSR count). The predicted molar refractivity (Wildman–Crippen MR) is 74.8 cm³/mol. The summed E-state index contributed by atoms with van der Waals surface area (Å²) in [6.07, 6.45) is 1.24. The van der Waals surface area contributed by atoms with Gasteiger partial charge < -0.3 is 21.1 Å². The van der Waals surface area contributed by atoms with Crippen LogP contribution in [0.5, 0.6) is 0 Å². The summed E-state index contributed by atoms with van der Waals surface area (Å²) in [6.45, 7) is 3.47. The van der Waals surface area contributed by atoms with Gasteiger partial charge in [-0.25, -0.2) is 4.79 Å². The van der Waals surface area contributed by atoms with E-state index in [0.29, 0.717) is 32.5 Å². The molecule has 1 heterocycles. The minimum absolute atomic E-state index is 0.115. The maximum atomic E-state index is 12.0. The van der Waals surface area contributed by atoms with E-state index >= 15 is 0 Å². The highest BCUT2D eigenvalue weighted by molar-refractivity contribution is 5.89. The summed E-state index contributed by atoms with van der Waals surface area (Å²) < 4.78 is 0. The van der Waals surface area contributed by atoms with Crippen molar-refractivity contribution in [2.45, 2.75) is 31.9 Å². The van der Waals surface area contributed by atoms with Gasteiger partial charge in [-0.1, -0.05) is 12.1 Å². The van der Waals surface area contributed by atoms with Crippen LogP contribution in [-0.2, 0) is 6.54 Å². The zero-order valence-electron chi connectivity index (χ0n) is 11.2. The molecule has 104 valence electrons. The van der Waals surface area contributed by atoms with E-state index in [1.807, 2.05) is 31.2 Å². The average Bonchev–Trinajstić information content (AvgIpc) is 2.39. The van der Waals surface area contributed by atoms with Crippen LogP contribution in [0.15, 0.2) is 24.3 Å². The van der Waals surface area contributed by atoms with Crippen molar-refractivity contribution >= 4 is 11.7 Å². The molecule has 1 fully saturated rings. The molecule has 19 heavy (non-hydrogen) atoms. The summed E-state index contributed by atoms with van der Waals surface area (Å²) in [5.41, 5.74) is 6.68. The smallest absolute Gasteiger partial charge is 0.321 e. The average molecular weight is 263 g/mol. The van der Waals surface area contributed by atoms with Crippen molar-refractivity contribution in [1.82, 2.24) is 4.90 Å². The number of carbonyl (C=O) groups excluding carboxylic acids is 1. The van der Waals surface area contributed by atoms with E-state index in [1.54, 1.807) is 4.90 Å². The lowest BCUT2D eigenvalue weighted by molar-refractivity contribution is 0.00570. The number of amides is 2. The van der Waals surface area contributed by atoms with Crippen molar-refractivity contribution < 1.29 is 9.90 Å². The molecule has 0 radical (unpaired) electrons. The normalized spacial score (nSPS) is 18.2. The van der Waals surface area contributed by atoms with Gasteiger partial charge in [0.15, 0.2) is 0 Å².